The molecule has 0 saturated carbocycles. The van der Waals surface area contributed by atoms with E-state index in [0.717, 1.165) is 122 Å². The Labute approximate surface area is 480 Å². The lowest BCUT2D eigenvalue weighted by Crippen LogP contribution is -2.45. The highest BCUT2D eigenvalue weighted by atomic mass is 31.2. The van der Waals surface area contributed by atoms with Gasteiger partial charge in [0.1, 0.15) is 13.2 Å². The lowest BCUT2D eigenvalue weighted by atomic mass is 10.0. The molecule has 0 aromatic rings. The Hall–Kier alpha value is -3.62. The lowest BCUT2D eigenvalue weighted by molar-refractivity contribution is -0.870. The molecule has 2 N–H and O–H groups in total. The third kappa shape index (κ3) is 60.0. The van der Waals surface area contributed by atoms with Crippen LogP contribution in [0.2, 0.25) is 0 Å². The van der Waals surface area contributed by atoms with E-state index in [9.17, 15) is 19.4 Å². The standard InChI is InChI=1S/C69H117N2O6P/c1-6-8-10-12-14-16-18-20-22-24-26-28-30-31-32-33-34-35-36-37-38-39-41-43-45-47-49-51-53-55-57-59-61-63-69(73)70-67(66-77-78(74,75)76-65-64-71(3,4)5)68(72)62-60-58-56-54-52-50-48-46-44-42-40-29-27-25-23-21-19-17-15-13-11-9-7-2/h8,10,14,16,20,22,26,28,31-32,34-35,37-38,41,43-44,46-47,49,52,54,60,62,67-68,72H,6-7,9,11-13,15,17-19,21,23-25,27,29-30,33,36,39-40,42,45,48,50-51,53,55-59,61,63-66H2,1-5H3,(H-,70,73,74,75)/b10-8-,16-14-,22-20-,28-26-,32-31-,35-34-,38-37-,43-41-,46-44+,49-47-,54-52+,62-60+. The molecule has 3 atom stereocenters. The Morgan fingerprint density at radius 1 is 0.462 bits per heavy atom. The summed E-state index contributed by atoms with van der Waals surface area (Å²) in [5, 5.41) is 13.9. The van der Waals surface area contributed by atoms with Crippen molar-refractivity contribution in [1.82, 2.24) is 5.32 Å². The molecule has 0 fully saturated rings. The summed E-state index contributed by atoms with van der Waals surface area (Å²) in [5.41, 5.74) is 0. The van der Waals surface area contributed by atoms with E-state index >= 15 is 0 Å². The Morgan fingerprint density at radius 2 is 0.795 bits per heavy atom. The molecule has 0 aliphatic carbocycles. The quantitative estimate of drug-likeness (QED) is 0.0272. The van der Waals surface area contributed by atoms with Gasteiger partial charge in [-0.2, -0.15) is 0 Å². The summed E-state index contributed by atoms with van der Waals surface area (Å²) < 4.78 is 23.3. The molecule has 3 unspecified atom stereocenters. The van der Waals surface area contributed by atoms with Crippen molar-refractivity contribution in [2.24, 2.45) is 0 Å². The van der Waals surface area contributed by atoms with Crippen molar-refractivity contribution in [1.29, 1.82) is 0 Å². The molecular weight excluding hydrogens is 984 g/mol. The SMILES string of the molecule is CC/C=C\C/C=C\C/C=C\C/C=C\C/C=C\C/C=C\C/C=C\C/C=C\C/C=C\CCCCCCCC(=O)NC(COP(=O)([O-])OCC[N+](C)(C)C)C(O)/C=C/CC/C=C/CC/C=C/CCCCCCCCCCCCCCC. The van der Waals surface area contributed by atoms with Crippen molar-refractivity contribution in [2.75, 3.05) is 40.9 Å². The monoisotopic (exact) mass is 1100 g/mol. The van der Waals surface area contributed by atoms with Gasteiger partial charge < -0.3 is 28.8 Å². The Bertz CT molecular complexity index is 1780. The molecule has 1 amide bonds. The van der Waals surface area contributed by atoms with Crippen LogP contribution in [0.4, 0.5) is 0 Å². The molecule has 0 rings (SSSR count). The van der Waals surface area contributed by atoms with E-state index in [4.69, 9.17) is 9.05 Å². The van der Waals surface area contributed by atoms with Crippen LogP contribution >= 0.6 is 7.82 Å². The number of aliphatic hydroxyl groups excluding tert-OH is 1. The zero-order valence-corrected chi connectivity index (χ0v) is 51.5. The van der Waals surface area contributed by atoms with Crippen LogP contribution in [0.5, 0.6) is 0 Å². The molecular formula is C69H117N2O6P. The molecule has 0 bridgehead atoms. The second-order valence-corrected chi connectivity index (χ2v) is 23.1. The molecule has 0 aliphatic rings. The van der Waals surface area contributed by atoms with Crippen LogP contribution in [0.15, 0.2) is 146 Å². The van der Waals surface area contributed by atoms with Gasteiger partial charge in [-0.15, -0.1) is 0 Å². The second-order valence-electron chi connectivity index (χ2n) is 21.7. The predicted molar refractivity (Wildman–Crippen MR) is 338 cm³/mol. The fourth-order valence-corrected chi connectivity index (χ4v) is 8.90. The zero-order chi connectivity index (χ0) is 57.0. The van der Waals surface area contributed by atoms with Gasteiger partial charge in [-0.3, -0.25) is 9.36 Å². The van der Waals surface area contributed by atoms with Crippen LogP contribution in [-0.4, -0.2) is 68.5 Å². The van der Waals surface area contributed by atoms with E-state index in [-0.39, 0.29) is 12.5 Å². The van der Waals surface area contributed by atoms with Gasteiger partial charge >= 0.3 is 0 Å². The molecule has 444 valence electrons. The van der Waals surface area contributed by atoms with E-state index in [1.165, 1.54) is 89.9 Å². The molecule has 0 spiro atoms. The van der Waals surface area contributed by atoms with E-state index in [1.54, 1.807) is 6.08 Å². The highest BCUT2D eigenvalue weighted by Gasteiger charge is 2.23. The van der Waals surface area contributed by atoms with Crippen molar-refractivity contribution < 1.29 is 32.9 Å². The van der Waals surface area contributed by atoms with Crippen molar-refractivity contribution >= 4 is 13.7 Å². The molecule has 0 aromatic heterocycles. The summed E-state index contributed by atoms with van der Waals surface area (Å²) in [5.74, 6) is -0.236. The van der Waals surface area contributed by atoms with Crippen LogP contribution in [0, 0.1) is 0 Å². The number of hydrogen-bond donors (Lipinski definition) is 2. The first-order valence-electron chi connectivity index (χ1n) is 31.2. The molecule has 0 radical (unpaired) electrons. The number of quaternary nitrogens is 1. The first-order chi connectivity index (χ1) is 38.0. The number of hydrogen-bond acceptors (Lipinski definition) is 6. The minimum atomic E-state index is -4.63. The molecule has 8 nitrogen and oxygen atoms in total. The number of carbonyl (C=O) groups excluding carboxylic acids is 1. The number of allylic oxidation sites excluding steroid dienone is 23. The van der Waals surface area contributed by atoms with E-state index in [2.05, 4.69) is 153 Å². The summed E-state index contributed by atoms with van der Waals surface area (Å²) in [4.78, 5) is 25.5. The second kappa shape index (κ2) is 58.0. The van der Waals surface area contributed by atoms with Crippen LogP contribution < -0.4 is 10.2 Å². The average Bonchev–Trinajstić information content (AvgIpc) is 3.41. The summed E-state index contributed by atoms with van der Waals surface area (Å²) >= 11 is 0. The normalized spacial score (nSPS) is 14.8. The van der Waals surface area contributed by atoms with Crippen molar-refractivity contribution in [2.45, 2.75) is 244 Å². The van der Waals surface area contributed by atoms with Gasteiger partial charge in [-0.05, 0) is 116 Å². The molecule has 0 heterocycles. The first-order valence-corrected chi connectivity index (χ1v) is 32.7. The van der Waals surface area contributed by atoms with Gasteiger partial charge in [0.2, 0.25) is 5.91 Å². The topological polar surface area (TPSA) is 108 Å². The molecule has 78 heavy (non-hydrogen) atoms. The van der Waals surface area contributed by atoms with E-state index in [1.807, 2.05) is 27.2 Å². The van der Waals surface area contributed by atoms with Crippen LogP contribution in [0.1, 0.15) is 232 Å². The predicted octanol–water partition coefficient (Wildman–Crippen LogP) is 19.0. The summed E-state index contributed by atoms with van der Waals surface area (Å²) in [6, 6.07) is -0.933. The highest BCUT2D eigenvalue weighted by Crippen LogP contribution is 2.38. The number of rotatable bonds is 55. The largest absolute Gasteiger partial charge is 0.756 e. The van der Waals surface area contributed by atoms with Gasteiger partial charge in [-0.1, -0.05) is 256 Å². The van der Waals surface area contributed by atoms with E-state index in [0.29, 0.717) is 17.4 Å². The third-order valence-electron chi connectivity index (χ3n) is 13.0. The summed E-state index contributed by atoms with van der Waals surface area (Å²) in [6.07, 6.45) is 89.4. The van der Waals surface area contributed by atoms with Crippen LogP contribution in [-0.2, 0) is 18.4 Å². The average molecular weight is 1100 g/mol. The number of nitrogens with one attached hydrogen (secondary N) is 1. The minimum absolute atomic E-state index is 0.0214. The van der Waals surface area contributed by atoms with Crippen LogP contribution in [0.3, 0.4) is 0 Å². The van der Waals surface area contributed by atoms with Crippen molar-refractivity contribution in [3.63, 3.8) is 0 Å². The number of carbonyl (C=O) groups is 1. The highest BCUT2D eigenvalue weighted by molar-refractivity contribution is 7.45. The van der Waals surface area contributed by atoms with Gasteiger partial charge in [0, 0.05) is 6.42 Å². The number of unbranched alkanes of at least 4 members (excludes halogenated alkanes) is 20. The Balaban J connectivity index is 4.33. The minimum Gasteiger partial charge on any atom is -0.756 e. The maximum atomic E-state index is 13.0. The Kier molecular flexibility index (Phi) is 55.4. The van der Waals surface area contributed by atoms with Crippen molar-refractivity contribution in [3.05, 3.63) is 146 Å². The fourth-order valence-electron chi connectivity index (χ4n) is 8.18. The number of phosphoric ester groups is 1. The fraction of sp³-hybridized carbons (Fsp3) is 0.638. The zero-order valence-electron chi connectivity index (χ0n) is 50.6. The van der Waals surface area contributed by atoms with Crippen molar-refractivity contribution in [3.8, 4) is 0 Å². The number of phosphoric acid groups is 1. The molecule has 9 heteroatoms. The summed E-state index contributed by atoms with van der Waals surface area (Å²) in [7, 11) is 1.20. The third-order valence-corrected chi connectivity index (χ3v) is 14.0. The molecule has 0 aliphatic heterocycles. The first kappa shape index (κ1) is 74.4. The number of likely N-dealkylation sites (N-methyl/N-ethyl adjacent to an activating group) is 1. The molecule has 0 aromatic carbocycles. The number of nitrogens with zero attached hydrogens (tertiary/aromatic N) is 1. The maximum Gasteiger partial charge on any atom is 0.268 e. The summed E-state index contributed by atoms with van der Waals surface area (Å²) in [6.45, 7) is 4.48. The smallest absolute Gasteiger partial charge is 0.268 e. The number of amides is 1. The van der Waals surface area contributed by atoms with Gasteiger partial charge in [0.15, 0.2) is 0 Å². The lowest BCUT2D eigenvalue weighted by Gasteiger charge is -2.29. The van der Waals surface area contributed by atoms with E-state index < -0.39 is 26.6 Å². The Morgan fingerprint density at radius 3 is 1.19 bits per heavy atom. The maximum absolute atomic E-state index is 13.0. The molecule has 0 saturated heterocycles. The van der Waals surface area contributed by atoms with Gasteiger partial charge in [0.05, 0.1) is 39.9 Å². The number of aliphatic hydroxyl groups is 1. The van der Waals surface area contributed by atoms with Crippen LogP contribution in [0.25, 0.3) is 0 Å². The van der Waals surface area contributed by atoms with Gasteiger partial charge in [0.25, 0.3) is 7.82 Å². The van der Waals surface area contributed by atoms with Gasteiger partial charge in [-0.25, -0.2) is 0 Å².